The van der Waals surface area contributed by atoms with Gasteiger partial charge < -0.3 is 5.73 Å². The Morgan fingerprint density at radius 2 is 2.08 bits per heavy atom. The fourth-order valence-electron chi connectivity index (χ4n) is 1.38. The topological polar surface area (TPSA) is 38.9 Å². The highest BCUT2D eigenvalue weighted by Gasteiger charge is 2.03. The second-order valence-corrected chi connectivity index (χ2v) is 3.40. The molecule has 2 nitrogen and oxygen atoms in total. The Balaban J connectivity index is 2.84. The molecule has 0 unspecified atom stereocenters. The van der Waals surface area contributed by atoms with E-state index in [1.165, 1.54) is 5.39 Å². The molecular formula is C10H9BrN2. The zero-order valence-corrected chi connectivity index (χ0v) is 8.58. The summed E-state index contributed by atoms with van der Waals surface area (Å²) in [4.78, 5) is 4.13. The highest BCUT2D eigenvalue weighted by molar-refractivity contribution is 9.08. The van der Waals surface area contributed by atoms with Crippen LogP contribution in [0.3, 0.4) is 0 Å². The second-order valence-electron chi connectivity index (χ2n) is 2.84. The Labute approximate surface area is 84.9 Å². The van der Waals surface area contributed by atoms with Gasteiger partial charge in [0.2, 0.25) is 0 Å². The number of benzene rings is 1. The van der Waals surface area contributed by atoms with Gasteiger partial charge >= 0.3 is 0 Å². The Morgan fingerprint density at radius 3 is 2.85 bits per heavy atom. The Morgan fingerprint density at radius 1 is 1.31 bits per heavy atom. The predicted molar refractivity (Wildman–Crippen MR) is 58.8 cm³/mol. The van der Waals surface area contributed by atoms with E-state index < -0.39 is 0 Å². The third-order valence-corrected chi connectivity index (χ3v) is 2.63. The number of aromatic nitrogens is 1. The Hall–Kier alpha value is -1.09. The van der Waals surface area contributed by atoms with E-state index >= 15 is 0 Å². The van der Waals surface area contributed by atoms with Crippen molar-refractivity contribution in [1.82, 2.24) is 4.98 Å². The molecule has 0 bridgehead atoms. The van der Waals surface area contributed by atoms with E-state index in [1.807, 2.05) is 18.2 Å². The van der Waals surface area contributed by atoms with Gasteiger partial charge in [-0.15, -0.1) is 0 Å². The molecule has 13 heavy (non-hydrogen) atoms. The number of alkyl halides is 1. The van der Waals surface area contributed by atoms with E-state index in [-0.39, 0.29) is 0 Å². The lowest BCUT2D eigenvalue weighted by Gasteiger charge is -2.05. The summed E-state index contributed by atoms with van der Waals surface area (Å²) in [5.41, 5.74) is 6.82. The summed E-state index contributed by atoms with van der Waals surface area (Å²) in [5.74, 6) is 0.607. The van der Waals surface area contributed by atoms with E-state index in [4.69, 9.17) is 5.73 Å². The predicted octanol–water partition coefficient (Wildman–Crippen LogP) is 2.71. The second kappa shape index (κ2) is 3.34. The van der Waals surface area contributed by atoms with Crippen LogP contribution in [0.15, 0.2) is 30.5 Å². The molecule has 2 N–H and O–H groups in total. The van der Waals surface area contributed by atoms with Crippen LogP contribution in [0, 0.1) is 0 Å². The van der Waals surface area contributed by atoms with Gasteiger partial charge in [-0.2, -0.15) is 0 Å². The van der Waals surface area contributed by atoms with Crippen molar-refractivity contribution in [3.05, 3.63) is 36.0 Å². The molecule has 1 heterocycles. The molecule has 0 atom stereocenters. The number of hydrogen-bond donors (Lipinski definition) is 1. The van der Waals surface area contributed by atoms with Crippen molar-refractivity contribution in [2.75, 3.05) is 5.73 Å². The lowest BCUT2D eigenvalue weighted by atomic mass is 10.1. The molecule has 0 aliphatic heterocycles. The Kier molecular flexibility index (Phi) is 2.19. The number of nitrogens with two attached hydrogens (primary N) is 1. The van der Waals surface area contributed by atoms with Gasteiger partial charge in [-0.3, -0.25) is 0 Å². The maximum atomic E-state index is 5.76. The summed E-state index contributed by atoms with van der Waals surface area (Å²) in [6.45, 7) is 0. The number of hydrogen-bond acceptors (Lipinski definition) is 2. The van der Waals surface area contributed by atoms with Crippen LogP contribution in [-0.2, 0) is 5.33 Å². The third kappa shape index (κ3) is 1.40. The number of rotatable bonds is 1. The molecule has 0 aliphatic rings. The maximum absolute atomic E-state index is 5.76. The third-order valence-electron chi connectivity index (χ3n) is 2.07. The van der Waals surface area contributed by atoms with E-state index in [0.29, 0.717) is 5.82 Å². The van der Waals surface area contributed by atoms with Crippen molar-refractivity contribution < 1.29 is 0 Å². The van der Waals surface area contributed by atoms with Gasteiger partial charge in [-0.1, -0.05) is 40.2 Å². The van der Waals surface area contributed by atoms with Crippen molar-refractivity contribution in [2.24, 2.45) is 0 Å². The monoisotopic (exact) mass is 236 g/mol. The van der Waals surface area contributed by atoms with Crippen LogP contribution >= 0.6 is 15.9 Å². The van der Waals surface area contributed by atoms with Crippen molar-refractivity contribution in [2.45, 2.75) is 5.33 Å². The minimum Gasteiger partial charge on any atom is -0.383 e. The maximum Gasteiger partial charge on any atom is 0.128 e. The molecule has 0 aliphatic carbocycles. The SMILES string of the molecule is Nc1ncc2ccccc2c1CBr. The van der Waals surface area contributed by atoms with E-state index in [0.717, 1.165) is 16.3 Å². The van der Waals surface area contributed by atoms with Crippen LogP contribution in [0.5, 0.6) is 0 Å². The largest absolute Gasteiger partial charge is 0.383 e. The van der Waals surface area contributed by atoms with Crippen LogP contribution in [-0.4, -0.2) is 4.98 Å². The van der Waals surface area contributed by atoms with Crippen LogP contribution in [0.4, 0.5) is 5.82 Å². The molecule has 2 aromatic rings. The molecule has 0 saturated heterocycles. The number of nitrogen functional groups attached to an aromatic ring is 1. The van der Waals surface area contributed by atoms with Gasteiger partial charge in [0.1, 0.15) is 5.82 Å². The number of pyridine rings is 1. The first kappa shape index (κ1) is 8.51. The molecule has 3 heteroatoms. The van der Waals surface area contributed by atoms with Crippen molar-refractivity contribution in [3.8, 4) is 0 Å². The normalized spacial score (nSPS) is 10.5. The Bertz CT molecular complexity index is 440. The highest BCUT2D eigenvalue weighted by Crippen LogP contribution is 2.23. The zero-order chi connectivity index (χ0) is 9.26. The van der Waals surface area contributed by atoms with Gasteiger partial charge in [0.05, 0.1) is 0 Å². The van der Waals surface area contributed by atoms with Gasteiger partial charge in [0.25, 0.3) is 0 Å². The van der Waals surface area contributed by atoms with Crippen LogP contribution in [0.2, 0.25) is 0 Å². The van der Waals surface area contributed by atoms with Crippen molar-refractivity contribution >= 4 is 32.5 Å². The summed E-state index contributed by atoms with van der Waals surface area (Å²) < 4.78 is 0. The minimum absolute atomic E-state index is 0.607. The minimum atomic E-state index is 0.607. The molecule has 0 saturated carbocycles. The van der Waals surface area contributed by atoms with Gasteiger partial charge in [0.15, 0.2) is 0 Å². The number of fused-ring (bicyclic) bond motifs is 1. The van der Waals surface area contributed by atoms with Crippen molar-refractivity contribution in [3.63, 3.8) is 0 Å². The summed E-state index contributed by atoms with van der Waals surface area (Å²) >= 11 is 3.41. The molecule has 2 rings (SSSR count). The number of nitrogens with zero attached hydrogens (tertiary/aromatic N) is 1. The summed E-state index contributed by atoms with van der Waals surface area (Å²) in [7, 11) is 0. The first-order valence-electron chi connectivity index (χ1n) is 4.01. The summed E-state index contributed by atoms with van der Waals surface area (Å²) in [6.07, 6.45) is 1.80. The number of anilines is 1. The lowest BCUT2D eigenvalue weighted by Crippen LogP contribution is -1.96. The van der Waals surface area contributed by atoms with Gasteiger partial charge in [-0.25, -0.2) is 4.98 Å². The first-order chi connectivity index (χ1) is 6.33. The summed E-state index contributed by atoms with van der Waals surface area (Å²) in [6, 6.07) is 8.10. The molecule has 66 valence electrons. The molecular weight excluding hydrogens is 228 g/mol. The quantitative estimate of drug-likeness (QED) is 0.774. The van der Waals surface area contributed by atoms with Crippen LogP contribution in [0.25, 0.3) is 10.8 Å². The van der Waals surface area contributed by atoms with E-state index in [2.05, 4.69) is 27.0 Å². The zero-order valence-electron chi connectivity index (χ0n) is 7.00. The average molecular weight is 237 g/mol. The smallest absolute Gasteiger partial charge is 0.128 e. The molecule has 0 amide bonds. The molecule has 0 fully saturated rings. The highest BCUT2D eigenvalue weighted by atomic mass is 79.9. The molecule has 0 radical (unpaired) electrons. The lowest BCUT2D eigenvalue weighted by molar-refractivity contribution is 1.31. The van der Waals surface area contributed by atoms with Gasteiger partial charge in [-0.05, 0) is 5.39 Å². The molecule has 1 aromatic heterocycles. The summed E-state index contributed by atoms with van der Waals surface area (Å²) in [5, 5.41) is 3.05. The fraction of sp³-hybridized carbons (Fsp3) is 0.100. The van der Waals surface area contributed by atoms with E-state index in [9.17, 15) is 0 Å². The standard InChI is InChI=1S/C10H9BrN2/c11-5-9-8-4-2-1-3-7(8)6-13-10(9)12/h1-4,6H,5H2,(H2,12,13). The number of halogens is 1. The average Bonchev–Trinajstić information content (AvgIpc) is 2.18. The fourth-order valence-corrected chi connectivity index (χ4v) is 1.97. The first-order valence-corrected chi connectivity index (χ1v) is 5.13. The van der Waals surface area contributed by atoms with Crippen LogP contribution in [0.1, 0.15) is 5.56 Å². The molecule has 0 spiro atoms. The van der Waals surface area contributed by atoms with E-state index in [1.54, 1.807) is 6.20 Å². The van der Waals surface area contributed by atoms with Crippen molar-refractivity contribution in [1.29, 1.82) is 0 Å². The van der Waals surface area contributed by atoms with Gasteiger partial charge in [0, 0.05) is 22.5 Å². The molecule has 1 aromatic carbocycles. The van der Waals surface area contributed by atoms with Crippen LogP contribution < -0.4 is 5.73 Å².